The van der Waals surface area contributed by atoms with Crippen LogP contribution in [0.25, 0.3) is 0 Å². The SMILES string of the molecule is O=C(O)C1CC2CCC1N2C(=O)C1CCOCC1. The number of carbonyl (C=O) groups is 2. The molecule has 18 heavy (non-hydrogen) atoms. The topological polar surface area (TPSA) is 66.8 Å². The molecule has 3 atom stereocenters. The number of fused-ring (bicyclic) bond motifs is 2. The Bertz CT molecular complexity index is 364. The van der Waals surface area contributed by atoms with Crippen LogP contribution in [-0.2, 0) is 14.3 Å². The number of carbonyl (C=O) groups excluding carboxylic acids is 1. The summed E-state index contributed by atoms with van der Waals surface area (Å²) in [6.45, 7) is 1.31. The fourth-order valence-electron chi connectivity index (χ4n) is 3.75. The molecule has 0 aromatic heterocycles. The van der Waals surface area contributed by atoms with Gasteiger partial charge in [-0.25, -0.2) is 0 Å². The second-order valence-electron chi connectivity index (χ2n) is 5.61. The van der Waals surface area contributed by atoms with Crippen LogP contribution < -0.4 is 0 Å². The zero-order chi connectivity index (χ0) is 12.7. The normalized spacial score (nSPS) is 36.0. The predicted octanol–water partition coefficient (Wildman–Crippen LogP) is 0.877. The van der Waals surface area contributed by atoms with Gasteiger partial charge in [0.25, 0.3) is 0 Å². The first-order valence-corrected chi connectivity index (χ1v) is 6.81. The summed E-state index contributed by atoms with van der Waals surface area (Å²) in [5.41, 5.74) is 0. The lowest BCUT2D eigenvalue weighted by Gasteiger charge is -2.30. The van der Waals surface area contributed by atoms with E-state index >= 15 is 0 Å². The molecule has 5 heteroatoms. The lowest BCUT2D eigenvalue weighted by molar-refractivity contribution is -0.144. The summed E-state index contributed by atoms with van der Waals surface area (Å²) in [5.74, 6) is -0.858. The van der Waals surface area contributed by atoms with E-state index in [0.717, 1.165) is 25.7 Å². The monoisotopic (exact) mass is 253 g/mol. The Kier molecular flexibility index (Phi) is 3.01. The van der Waals surface area contributed by atoms with Crippen LogP contribution in [0.1, 0.15) is 32.1 Å². The summed E-state index contributed by atoms with van der Waals surface area (Å²) in [5, 5.41) is 9.19. The summed E-state index contributed by atoms with van der Waals surface area (Å²) in [6, 6.07) is 0.120. The van der Waals surface area contributed by atoms with Crippen molar-refractivity contribution in [3.8, 4) is 0 Å². The van der Waals surface area contributed by atoms with Crippen molar-refractivity contribution in [2.75, 3.05) is 13.2 Å². The molecule has 3 aliphatic heterocycles. The second kappa shape index (κ2) is 4.53. The highest BCUT2D eigenvalue weighted by molar-refractivity contribution is 5.82. The Labute approximate surface area is 106 Å². The Morgan fingerprint density at radius 2 is 1.83 bits per heavy atom. The van der Waals surface area contributed by atoms with Gasteiger partial charge in [-0.15, -0.1) is 0 Å². The molecule has 0 aromatic carbocycles. The molecule has 100 valence electrons. The number of amides is 1. The summed E-state index contributed by atoms with van der Waals surface area (Å²) in [6.07, 6.45) is 4.05. The highest BCUT2D eigenvalue weighted by atomic mass is 16.5. The van der Waals surface area contributed by atoms with Crippen LogP contribution in [0.2, 0.25) is 0 Å². The summed E-state index contributed by atoms with van der Waals surface area (Å²) in [4.78, 5) is 25.6. The molecule has 3 fully saturated rings. The van der Waals surface area contributed by atoms with E-state index in [1.165, 1.54) is 0 Å². The minimum Gasteiger partial charge on any atom is -0.481 e. The molecular weight excluding hydrogens is 234 g/mol. The number of ether oxygens (including phenoxy) is 1. The van der Waals surface area contributed by atoms with Gasteiger partial charge in [0.15, 0.2) is 0 Å². The molecule has 2 bridgehead atoms. The molecule has 0 saturated carbocycles. The van der Waals surface area contributed by atoms with Gasteiger partial charge in [0.2, 0.25) is 5.91 Å². The van der Waals surface area contributed by atoms with E-state index in [4.69, 9.17) is 4.74 Å². The first-order valence-electron chi connectivity index (χ1n) is 6.81. The van der Waals surface area contributed by atoms with Gasteiger partial charge in [0.05, 0.1) is 5.92 Å². The minimum atomic E-state index is -0.744. The van der Waals surface area contributed by atoms with Gasteiger partial charge < -0.3 is 14.7 Å². The molecule has 3 aliphatic rings. The number of hydrogen-bond donors (Lipinski definition) is 1. The van der Waals surface area contributed by atoms with Crippen molar-refractivity contribution in [3.63, 3.8) is 0 Å². The average Bonchev–Trinajstić information content (AvgIpc) is 2.96. The van der Waals surface area contributed by atoms with Crippen LogP contribution >= 0.6 is 0 Å². The van der Waals surface area contributed by atoms with Crippen molar-refractivity contribution in [2.45, 2.75) is 44.2 Å². The van der Waals surface area contributed by atoms with E-state index in [0.29, 0.717) is 19.6 Å². The van der Waals surface area contributed by atoms with E-state index in [1.807, 2.05) is 4.90 Å². The van der Waals surface area contributed by atoms with Crippen molar-refractivity contribution >= 4 is 11.9 Å². The molecule has 0 radical (unpaired) electrons. The van der Waals surface area contributed by atoms with Crippen LogP contribution in [0.4, 0.5) is 0 Å². The maximum Gasteiger partial charge on any atom is 0.308 e. The van der Waals surface area contributed by atoms with E-state index in [-0.39, 0.29) is 29.8 Å². The van der Waals surface area contributed by atoms with Gasteiger partial charge in [-0.3, -0.25) is 9.59 Å². The Morgan fingerprint density at radius 3 is 2.44 bits per heavy atom. The third-order valence-corrected chi connectivity index (χ3v) is 4.68. The van der Waals surface area contributed by atoms with Crippen molar-refractivity contribution in [3.05, 3.63) is 0 Å². The fraction of sp³-hybridized carbons (Fsp3) is 0.846. The van der Waals surface area contributed by atoms with Crippen molar-refractivity contribution in [2.24, 2.45) is 11.8 Å². The second-order valence-corrected chi connectivity index (χ2v) is 5.61. The van der Waals surface area contributed by atoms with E-state index in [2.05, 4.69) is 0 Å². The number of carboxylic acid groups (broad SMARTS) is 1. The first kappa shape index (κ1) is 12.0. The van der Waals surface area contributed by atoms with Crippen LogP contribution in [-0.4, -0.2) is 47.2 Å². The van der Waals surface area contributed by atoms with Crippen molar-refractivity contribution < 1.29 is 19.4 Å². The molecule has 1 amide bonds. The Hall–Kier alpha value is -1.10. The lowest BCUT2D eigenvalue weighted by atomic mass is 9.89. The number of carboxylic acids is 1. The number of nitrogens with zero attached hydrogens (tertiary/aromatic N) is 1. The summed E-state index contributed by atoms with van der Waals surface area (Å²) < 4.78 is 5.28. The fourth-order valence-corrected chi connectivity index (χ4v) is 3.75. The maximum atomic E-state index is 12.5. The molecule has 5 nitrogen and oxygen atoms in total. The van der Waals surface area contributed by atoms with Gasteiger partial charge in [-0.1, -0.05) is 0 Å². The van der Waals surface area contributed by atoms with E-state index < -0.39 is 5.97 Å². The first-order chi connectivity index (χ1) is 8.68. The van der Waals surface area contributed by atoms with E-state index in [9.17, 15) is 14.7 Å². The van der Waals surface area contributed by atoms with Crippen LogP contribution in [0.15, 0.2) is 0 Å². The van der Waals surface area contributed by atoms with Crippen LogP contribution in [0.5, 0.6) is 0 Å². The van der Waals surface area contributed by atoms with Crippen molar-refractivity contribution in [1.82, 2.24) is 4.90 Å². The molecule has 3 heterocycles. The van der Waals surface area contributed by atoms with Gasteiger partial charge in [0, 0.05) is 31.2 Å². The highest BCUT2D eigenvalue weighted by Crippen LogP contribution is 2.43. The molecule has 3 saturated heterocycles. The zero-order valence-electron chi connectivity index (χ0n) is 10.4. The van der Waals surface area contributed by atoms with Gasteiger partial charge in [-0.2, -0.15) is 0 Å². The molecular formula is C13H19NO4. The van der Waals surface area contributed by atoms with Gasteiger partial charge in [-0.05, 0) is 32.1 Å². The van der Waals surface area contributed by atoms with Crippen molar-refractivity contribution in [1.29, 1.82) is 0 Å². The molecule has 0 aliphatic carbocycles. The lowest BCUT2D eigenvalue weighted by Crippen LogP contribution is -2.42. The quantitative estimate of drug-likeness (QED) is 0.793. The van der Waals surface area contributed by atoms with Crippen LogP contribution in [0, 0.1) is 11.8 Å². The predicted molar refractivity (Wildman–Crippen MR) is 62.9 cm³/mol. The zero-order valence-corrected chi connectivity index (χ0v) is 10.4. The number of aliphatic carboxylic acids is 1. The smallest absolute Gasteiger partial charge is 0.308 e. The Balaban J connectivity index is 1.72. The number of rotatable bonds is 2. The largest absolute Gasteiger partial charge is 0.481 e. The average molecular weight is 253 g/mol. The maximum absolute atomic E-state index is 12.5. The molecule has 1 N–H and O–H groups in total. The molecule has 0 spiro atoms. The molecule has 0 aromatic rings. The Morgan fingerprint density at radius 1 is 1.11 bits per heavy atom. The summed E-state index contributed by atoms with van der Waals surface area (Å²) >= 11 is 0. The third kappa shape index (κ3) is 1.81. The molecule has 3 rings (SSSR count). The van der Waals surface area contributed by atoms with E-state index in [1.54, 1.807) is 0 Å². The van der Waals surface area contributed by atoms with Gasteiger partial charge in [0.1, 0.15) is 0 Å². The molecule has 3 unspecified atom stereocenters. The van der Waals surface area contributed by atoms with Crippen LogP contribution in [0.3, 0.4) is 0 Å². The minimum absolute atomic E-state index is 0.0504. The van der Waals surface area contributed by atoms with Gasteiger partial charge >= 0.3 is 5.97 Å². The summed E-state index contributed by atoms with van der Waals surface area (Å²) in [7, 11) is 0. The highest BCUT2D eigenvalue weighted by Gasteiger charge is 2.52. The number of hydrogen-bond acceptors (Lipinski definition) is 3. The standard InChI is InChI=1S/C13H19NO4/c15-12(8-3-5-18-6-4-8)14-9-1-2-11(14)10(7-9)13(16)17/h8-11H,1-7H2,(H,16,17). The third-order valence-electron chi connectivity index (χ3n) is 4.68.